The summed E-state index contributed by atoms with van der Waals surface area (Å²) in [5, 5.41) is 2.96. The smallest absolute Gasteiger partial charge is 0.257 e. The van der Waals surface area contributed by atoms with Crippen molar-refractivity contribution in [2.75, 3.05) is 52.4 Å². The molecule has 0 aliphatic carbocycles. The first kappa shape index (κ1) is 20.7. The van der Waals surface area contributed by atoms with Crippen LogP contribution in [0.15, 0.2) is 18.2 Å². The number of nitrogens with one attached hydrogen (secondary N) is 1. The lowest BCUT2D eigenvalue weighted by Gasteiger charge is -2.33. The Hall–Kier alpha value is -1.59. The molecule has 0 spiro atoms. The van der Waals surface area contributed by atoms with Gasteiger partial charge in [0.1, 0.15) is 5.75 Å². The van der Waals surface area contributed by atoms with Gasteiger partial charge in [0.25, 0.3) is 5.91 Å². The third kappa shape index (κ3) is 6.61. The fourth-order valence-corrected chi connectivity index (χ4v) is 3.45. The van der Waals surface area contributed by atoms with E-state index in [0.717, 1.165) is 51.4 Å². The van der Waals surface area contributed by atoms with E-state index in [2.05, 4.69) is 48.9 Å². The van der Waals surface area contributed by atoms with E-state index in [1.807, 2.05) is 12.1 Å². The van der Waals surface area contributed by atoms with Crippen molar-refractivity contribution in [1.82, 2.24) is 15.1 Å². The molecule has 5 heteroatoms. The quantitative estimate of drug-likeness (QED) is 0.687. The van der Waals surface area contributed by atoms with Crippen molar-refractivity contribution >= 4 is 5.91 Å². The Morgan fingerprint density at radius 3 is 2.50 bits per heavy atom. The second kappa shape index (κ2) is 10.5. The Morgan fingerprint density at radius 1 is 1.19 bits per heavy atom. The van der Waals surface area contributed by atoms with E-state index >= 15 is 0 Å². The van der Waals surface area contributed by atoms with Crippen molar-refractivity contribution in [1.29, 1.82) is 0 Å². The number of carbonyl (C=O) groups excluding carboxylic acids is 1. The number of hydrogen-bond acceptors (Lipinski definition) is 4. The number of nitrogens with zero attached hydrogens (tertiary/aromatic N) is 2. The summed E-state index contributed by atoms with van der Waals surface area (Å²) in [5.41, 5.74) is 2.53. The largest absolute Gasteiger partial charge is 0.484 e. The summed E-state index contributed by atoms with van der Waals surface area (Å²) >= 11 is 0. The zero-order valence-electron chi connectivity index (χ0n) is 16.9. The molecular weight excluding hydrogens is 326 g/mol. The van der Waals surface area contributed by atoms with Crippen LogP contribution in [0.25, 0.3) is 0 Å². The standard InChI is InChI=1S/C21H35N3O2/c1-5-23-11-13-24(14-12-23)10-6-9-22-21(25)16-26-19-7-8-20(17(2)3)18(4)15-19/h7-8,15,17H,5-6,9-14,16H2,1-4H3,(H,22,25). The third-order valence-corrected chi connectivity index (χ3v) is 5.12. The summed E-state index contributed by atoms with van der Waals surface area (Å²) < 4.78 is 5.63. The van der Waals surface area contributed by atoms with Crippen molar-refractivity contribution in [3.8, 4) is 5.75 Å². The van der Waals surface area contributed by atoms with E-state index in [0.29, 0.717) is 12.5 Å². The van der Waals surface area contributed by atoms with Gasteiger partial charge in [-0.25, -0.2) is 0 Å². The molecule has 1 aromatic rings. The first-order valence-electron chi connectivity index (χ1n) is 9.94. The zero-order valence-corrected chi connectivity index (χ0v) is 16.9. The van der Waals surface area contributed by atoms with E-state index in [-0.39, 0.29) is 12.5 Å². The van der Waals surface area contributed by atoms with E-state index in [9.17, 15) is 4.79 Å². The number of aryl methyl sites for hydroxylation is 1. The van der Waals surface area contributed by atoms with Crippen LogP contribution >= 0.6 is 0 Å². The van der Waals surface area contributed by atoms with Crippen molar-refractivity contribution in [3.63, 3.8) is 0 Å². The predicted octanol–water partition coefficient (Wildman–Crippen LogP) is 2.64. The molecule has 0 atom stereocenters. The molecule has 0 saturated carbocycles. The number of likely N-dealkylation sites (N-methyl/N-ethyl adjacent to an activating group) is 1. The molecule has 1 amide bonds. The Balaban J connectivity index is 1.60. The maximum atomic E-state index is 12.0. The molecule has 1 aliphatic heterocycles. The van der Waals surface area contributed by atoms with Gasteiger partial charge in [-0.2, -0.15) is 0 Å². The fraction of sp³-hybridized carbons (Fsp3) is 0.667. The van der Waals surface area contributed by atoms with Crippen molar-refractivity contribution < 1.29 is 9.53 Å². The van der Waals surface area contributed by atoms with Crippen LogP contribution in [0.1, 0.15) is 44.2 Å². The van der Waals surface area contributed by atoms with Crippen LogP contribution in [-0.4, -0.2) is 68.1 Å². The Morgan fingerprint density at radius 2 is 1.88 bits per heavy atom. The lowest BCUT2D eigenvalue weighted by atomic mass is 9.98. The van der Waals surface area contributed by atoms with Gasteiger partial charge in [0, 0.05) is 32.7 Å². The highest BCUT2D eigenvalue weighted by molar-refractivity contribution is 5.77. The molecule has 146 valence electrons. The molecule has 1 aliphatic rings. The number of rotatable bonds is 9. The lowest BCUT2D eigenvalue weighted by Crippen LogP contribution is -2.46. The van der Waals surface area contributed by atoms with Crippen LogP contribution in [0, 0.1) is 6.92 Å². The van der Waals surface area contributed by atoms with Gasteiger partial charge in [0.05, 0.1) is 0 Å². The number of amides is 1. The molecule has 0 bridgehead atoms. The third-order valence-electron chi connectivity index (χ3n) is 5.12. The Bertz CT molecular complexity index is 566. The topological polar surface area (TPSA) is 44.8 Å². The minimum Gasteiger partial charge on any atom is -0.484 e. The SMILES string of the molecule is CCN1CCN(CCCNC(=O)COc2ccc(C(C)C)c(C)c2)CC1. The fourth-order valence-electron chi connectivity index (χ4n) is 3.45. The van der Waals surface area contributed by atoms with Crippen LogP contribution in [0.3, 0.4) is 0 Å². The maximum Gasteiger partial charge on any atom is 0.257 e. The highest BCUT2D eigenvalue weighted by Crippen LogP contribution is 2.23. The van der Waals surface area contributed by atoms with Crippen LogP contribution in [-0.2, 0) is 4.79 Å². The van der Waals surface area contributed by atoms with Crippen molar-refractivity contribution in [2.45, 2.75) is 40.0 Å². The molecule has 1 aromatic carbocycles. The summed E-state index contributed by atoms with van der Waals surface area (Å²) in [7, 11) is 0. The normalized spacial score (nSPS) is 16.0. The number of ether oxygens (including phenoxy) is 1. The Kier molecular flexibility index (Phi) is 8.39. The number of piperazine rings is 1. The summed E-state index contributed by atoms with van der Waals surface area (Å²) in [6, 6.07) is 6.05. The molecule has 1 fully saturated rings. The average Bonchev–Trinajstić information content (AvgIpc) is 2.63. The van der Waals surface area contributed by atoms with E-state index in [4.69, 9.17) is 4.74 Å². The van der Waals surface area contributed by atoms with Crippen LogP contribution in [0.2, 0.25) is 0 Å². The van der Waals surface area contributed by atoms with Gasteiger partial charge < -0.3 is 19.9 Å². The van der Waals surface area contributed by atoms with E-state index < -0.39 is 0 Å². The highest BCUT2D eigenvalue weighted by Gasteiger charge is 2.14. The molecule has 0 unspecified atom stereocenters. The second-order valence-corrected chi connectivity index (χ2v) is 7.44. The van der Waals surface area contributed by atoms with Gasteiger partial charge >= 0.3 is 0 Å². The van der Waals surface area contributed by atoms with Gasteiger partial charge in [-0.1, -0.05) is 26.8 Å². The minimum absolute atomic E-state index is 0.0496. The zero-order chi connectivity index (χ0) is 18.9. The monoisotopic (exact) mass is 361 g/mol. The summed E-state index contributed by atoms with van der Waals surface area (Å²) in [4.78, 5) is 16.9. The summed E-state index contributed by atoms with van der Waals surface area (Å²) in [6.07, 6.45) is 0.986. The first-order valence-corrected chi connectivity index (χ1v) is 9.94. The lowest BCUT2D eigenvalue weighted by molar-refractivity contribution is -0.123. The van der Waals surface area contributed by atoms with Crippen LogP contribution in [0.4, 0.5) is 0 Å². The van der Waals surface area contributed by atoms with Crippen molar-refractivity contribution in [3.05, 3.63) is 29.3 Å². The van der Waals surface area contributed by atoms with Gasteiger partial charge in [-0.15, -0.1) is 0 Å². The predicted molar refractivity (Wildman–Crippen MR) is 107 cm³/mol. The van der Waals surface area contributed by atoms with Crippen LogP contribution in [0.5, 0.6) is 5.75 Å². The molecule has 26 heavy (non-hydrogen) atoms. The molecule has 1 heterocycles. The van der Waals surface area contributed by atoms with Gasteiger partial charge in [0.15, 0.2) is 6.61 Å². The summed E-state index contributed by atoms with van der Waals surface area (Å²) in [6.45, 7) is 16.2. The second-order valence-electron chi connectivity index (χ2n) is 7.44. The molecule has 1 N–H and O–H groups in total. The minimum atomic E-state index is -0.0496. The maximum absolute atomic E-state index is 12.0. The van der Waals surface area contributed by atoms with Gasteiger partial charge in [0.2, 0.25) is 0 Å². The average molecular weight is 362 g/mol. The number of benzene rings is 1. The Labute approximate surface area is 158 Å². The van der Waals surface area contributed by atoms with E-state index in [1.54, 1.807) is 0 Å². The molecule has 0 aromatic heterocycles. The van der Waals surface area contributed by atoms with Crippen molar-refractivity contribution in [2.24, 2.45) is 0 Å². The van der Waals surface area contributed by atoms with E-state index in [1.165, 1.54) is 11.1 Å². The van der Waals surface area contributed by atoms with Gasteiger partial charge in [-0.3, -0.25) is 4.79 Å². The molecule has 2 rings (SSSR count). The van der Waals surface area contributed by atoms with Crippen LogP contribution < -0.4 is 10.1 Å². The first-order chi connectivity index (χ1) is 12.5. The highest BCUT2D eigenvalue weighted by atomic mass is 16.5. The number of carbonyl (C=O) groups is 1. The number of hydrogen-bond donors (Lipinski definition) is 1. The molecular formula is C21H35N3O2. The summed E-state index contributed by atoms with van der Waals surface area (Å²) in [5.74, 6) is 1.21. The van der Waals surface area contributed by atoms with Gasteiger partial charge in [-0.05, 0) is 55.6 Å². The molecule has 5 nitrogen and oxygen atoms in total. The molecule has 1 saturated heterocycles. The molecule has 0 radical (unpaired) electrons.